The molecule has 0 radical (unpaired) electrons. The maximum absolute atomic E-state index is 12.1. The molecule has 0 aromatic heterocycles. The van der Waals surface area contributed by atoms with Gasteiger partial charge in [0, 0.05) is 0 Å². The fraction of sp³-hybridized carbons (Fsp3) is 0.333. The van der Waals surface area contributed by atoms with Gasteiger partial charge in [-0.2, -0.15) is 5.26 Å². The molecular weight excluding hydrogens is 312 g/mol. The van der Waals surface area contributed by atoms with Crippen LogP contribution in [0.1, 0.15) is 32.1 Å². The third-order valence-electron chi connectivity index (χ3n) is 4.63. The molecule has 1 N–H and O–H groups in total. The van der Waals surface area contributed by atoms with E-state index < -0.39 is 5.54 Å². The maximum Gasteiger partial charge on any atom is 0.259 e. The van der Waals surface area contributed by atoms with Gasteiger partial charge in [0.05, 0.1) is 6.07 Å². The standard InChI is InChI=1S/C21H22N2O2/c22-16-21(13-5-2-6-14-21)23-20(24)15-25-19-11-9-18(10-12-19)17-7-3-1-4-8-17/h1,3-4,7-12H,2,5-6,13-15H2,(H,23,24). The van der Waals surface area contributed by atoms with E-state index in [9.17, 15) is 10.1 Å². The first-order valence-corrected chi connectivity index (χ1v) is 8.71. The lowest BCUT2D eigenvalue weighted by Crippen LogP contribution is -2.50. The Bertz CT molecular complexity index is 742. The number of benzene rings is 2. The quantitative estimate of drug-likeness (QED) is 0.896. The molecule has 1 fully saturated rings. The summed E-state index contributed by atoms with van der Waals surface area (Å²) in [6.07, 6.45) is 4.54. The molecule has 2 aromatic carbocycles. The Kier molecular flexibility index (Phi) is 5.35. The molecule has 0 unspecified atom stereocenters. The SMILES string of the molecule is N#CC1(NC(=O)COc2ccc(-c3ccccc3)cc2)CCCCC1. The zero-order chi connectivity index (χ0) is 17.5. The second-order valence-electron chi connectivity index (χ2n) is 6.48. The molecule has 0 aliphatic heterocycles. The molecule has 25 heavy (non-hydrogen) atoms. The number of amides is 1. The van der Waals surface area contributed by atoms with Crippen molar-refractivity contribution in [2.45, 2.75) is 37.6 Å². The van der Waals surface area contributed by atoms with Gasteiger partial charge >= 0.3 is 0 Å². The Balaban J connectivity index is 1.55. The van der Waals surface area contributed by atoms with Gasteiger partial charge in [0.25, 0.3) is 5.91 Å². The smallest absolute Gasteiger partial charge is 0.259 e. The van der Waals surface area contributed by atoms with Gasteiger partial charge in [0.2, 0.25) is 0 Å². The molecule has 2 aromatic rings. The van der Waals surface area contributed by atoms with E-state index in [0.717, 1.165) is 43.2 Å². The van der Waals surface area contributed by atoms with Crippen LogP contribution < -0.4 is 10.1 Å². The van der Waals surface area contributed by atoms with E-state index in [2.05, 4.69) is 23.5 Å². The molecule has 0 atom stereocenters. The number of hydrogen-bond donors (Lipinski definition) is 1. The van der Waals surface area contributed by atoms with Crippen molar-refractivity contribution in [1.29, 1.82) is 5.26 Å². The molecule has 1 saturated carbocycles. The van der Waals surface area contributed by atoms with Gasteiger partial charge < -0.3 is 10.1 Å². The molecule has 1 aliphatic carbocycles. The summed E-state index contributed by atoms with van der Waals surface area (Å²) in [5, 5.41) is 12.3. The highest BCUT2D eigenvalue weighted by Crippen LogP contribution is 2.27. The molecule has 1 aliphatic rings. The largest absolute Gasteiger partial charge is 0.484 e. The van der Waals surface area contributed by atoms with Crippen molar-refractivity contribution in [2.24, 2.45) is 0 Å². The Morgan fingerprint density at radius 2 is 1.64 bits per heavy atom. The van der Waals surface area contributed by atoms with Crippen molar-refractivity contribution in [3.63, 3.8) is 0 Å². The molecule has 4 nitrogen and oxygen atoms in total. The second kappa shape index (κ2) is 7.85. The summed E-state index contributed by atoms with van der Waals surface area (Å²) >= 11 is 0. The number of carbonyl (C=O) groups excluding carboxylic acids is 1. The fourth-order valence-electron chi connectivity index (χ4n) is 3.25. The summed E-state index contributed by atoms with van der Waals surface area (Å²) in [7, 11) is 0. The van der Waals surface area contributed by atoms with Crippen LogP contribution in [0.4, 0.5) is 0 Å². The van der Waals surface area contributed by atoms with Crippen LogP contribution in [0.2, 0.25) is 0 Å². The van der Waals surface area contributed by atoms with E-state index in [0.29, 0.717) is 5.75 Å². The van der Waals surface area contributed by atoms with Gasteiger partial charge in [-0.1, -0.05) is 61.7 Å². The number of nitrogens with zero attached hydrogens (tertiary/aromatic N) is 1. The van der Waals surface area contributed by atoms with Crippen LogP contribution in [-0.2, 0) is 4.79 Å². The first-order valence-electron chi connectivity index (χ1n) is 8.71. The average Bonchev–Trinajstić information content (AvgIpc) is 2.68. The van der Waals surface area contributed by atoms with Crippen molar-refractivity contribution in [3.05, 3.63) is 54.6 Å². The Labute approximate surface area is 148 Å². The Morgan fingerprint density at radius 1 is 1.00 bits per heavy atom. The molecule has 1 amide bonds. The lowest BCUT2D eigenvalue weighted by molar-refractivity contribution is -0.124. The van der Waals surface area contributed by atoms with Gasteiger partial charge in [-0.05, 0) is 36.1 Å². The predicted molar refractivity (Wildman–Crippen MR) is 96.9 cm³/mol. The summed E-state index contributed by atoms with van der Waals surface area (Å²) in [5.74, 6) is 0.403. The van der Waals surface area contributed by atoms with E-state index in [4.69, 9.17) is 4.74 Å². The lowest BCUT2D eigenvalue weighted by Gasteiger charge is -2.31. The van der Waals surface area contributed by atoms with Crippen molar-refractivity contribution >= 4 is 5.91 Å². The minimum Gasteiger partial charge on any atom is -0.484 e. The Morgan fingerprint density at radius 3 is 2.28 bits per heavy atom. The van der Waals surface area contributed by atoms with Crippen LogP contribution in [0.3, 0.4) is 0 Å². The summed E-state index contributed by atoms with van der Waals surface area (Å²) < 4.78 is 5.57. The normalized spacial score (nSPS) is 15.8. The van der Waals surface area contributed by atoms with Crippen molar-refractivity contribution in [2.75, 3.05) is 6.61 Å². The van der Waals surface area contributed by atoms with Gasteiger partial charge in [0.15, 0.2) is 6.61 Å². The highest BCUT2D eigenvalue weighted by molar-refractivity contribution is 5.79. The van der Waals surface area contributed by atoms with E-state index in [1.165, 1.54) is 0 Å². The van der Waals surface area contributed by atoms with Crippen LogP contribution in [0, 0.1) is 11.3 Å². The number of rotatable bonds is 5. The molecule has 0 saturated heterocycles. The van der Waals surface area contributed by atoms with Crippen LogP contribution in [0.25, 0.3) is 11.1 Å². The highest BCUT2D eigenvalue weighted by Gasteiger charge is 2.33. The minimum atomic E-state index is -0.712. The highest BCUT2D eigenvalue weighted by atomic mass is 16.5. The maximum atomic E-state index is 12.1. The molecule has 3 rings (SSSR count). The third kappa shape index (κ3) is 4.39. The van der Waals surface area contributed by atoms with Crippen molar-refractivity contribution in [1.82, 2.24) is 5.32 Å². The third-order valence-corrected chi connectivity index (χ3v) is 4.63. The monoisotopic (exact) mass is 334 g/mol. The molecule has 0 bridgehead atoms. The van der Waals surface area contributed by atoms with E-state index in [-0.39, 0.29) is 12.5 Å². The average molecular weight is 334 g/mol. The molecular formula is C21H22N2O2. The van der Waals surface area contributed by atoms with E-state index in [1.54, 1.807) is 0 Å². The zero-order valence-corrected chi connectivity index (χ0v) is 14.2. The predicted octanol–water partition coefficient (Wildman–Crippen LogP) is 4.08. The lowest BCUT2D eigenvalue weighted by atomic mass is 9.83. The fourth-order valence-corrected chi connectivity index (χ4v) is 3.25. The zero-order valence-electron chi connectivity index (χ0n) is 14.2. The topological polar surface area (TPSA) is 62.1 Å². The van der Waals surface area contributed by atoms with Gasteiger partial charge in [0.1, 0.15) is 11.3 Å². The first-order chi connectivity index (χ1) is 12.2. The van der Waals surface area contributed by atoms with Crippen LogP contribution in [-0.4, -0.2) is 18.1 Å². The first kappa shape index (κ1) is 17.0. The number of nitrogens with one attached hydrogen (secondary N) is 1. The molecule has 0 spiro atoms. The van der Waals surface area contributed by atoms with Crippen molar-refractivity contribution < 1.29 is 9.53 Å². The number of ether oxygens (including phenoxy) is 1. The molecule has 0 heterocycles. The van der Waals surface area contributed by atoms with Gasteiger partial charge in [-0.15, -0.1) is 0 Å². The summed E-state index contributed by atoms with van der Waals surface area (Å²) in [4.78, 5) is 12.1. The number of nitriles is 1. The minimum absolute atomic E-state index is 0.0753. The Hall–Kier alpha value is -2.80. The van der Waals surface area contributed by atoms with Crippen LogP contribution in [0.15, 0.2) is 54.6 Å². The summed E-state index contributed by atoms with van der Waals surface area (Å²) in [6.45, 7) is -0.0753. The number of hydrogen-bond acceptors (Lipinski definition) is 3. The number of carbonyl (C=O) groups is 1. The van der Waals surface area contributed by atoms with Gasteiger partial charge in [-0.25, -0.2) is 0 Å². The second-order valence-corrected chi connectivity index (χ2v) is 6.48. The summed E-state index contributed by atoms with van der Waals surface area (Å²) in [5.41, 5.74) is 1.53. The van der Waals surface area contributed by atoms with Crippen LogP contribution in [0.5, 0.6) is 5.75 Å². The summed E-state index contributed by atoms with van der Waals surface area (Å²) in [6, 6.07) is 20.0. The van der Waals surface area contributed by atoms with Crippen molar-refractivity contribution in [3.8, 4) is 22.9 Å². The molecule has 128 valence electrons. The van der Waals surface area contributed by atoms with Crippen LogP contribution >= 0.6 is 0 Å². The van der Waals surface area contributed by atoms with Gasteiger partial charge in [-0.3, -0.25) is 4.79 Å². The van der Waals surface area contributed by atoms with E-state index >= 15 is 0 Å². The van der Waals surface area contributed by atoms with E-state index in [1.807, 2.05) is 42.5 Å². The molecule has 4 heteroatoms.